The van der Waals surface area contributed by atoms with E-state index in [1.807, 2.05) is 25.3 Å². The number of carbonyl (C=O) groups is 7. The number of hydrogen-bond donors (Lipinski definition) is 8. The van der Waals surface area contributed by atoms with Crippen LogP contribution in [0.3, 0.4) is 0 Å². The van der Waals surface area contributed by atoms with Gasteiger partial charge in [0.05, 0.1) is 18.6 Å². The zero-order valence-corrected chi connectivity index (χ0v) is 32.4. The Bertz CT molecular complexity index is 1900. The summed E-state index contributed by atoms with van der Waals surface area (Å²) in [5.41, 5.74) is 8.31. The second-order valence-electron chi connectivity index (χ2n) is 13.8. The molecular formula is C39H52N11O8+. The number of carbonyl (C=O) groups excluding carboxylic acids is 6. The van der Waals surface area contributed by atoms with Crippen molar-refractivity contribution in [2.24, 2.45) is 10.7 Å². The number of carboxylic acids is 1. The first-order valence-corrected chi connectivity index (χ1v) is 19.2. The molecule has 0 aliphatic carbocycles. The second-order valence-corrected chi connectivity index (χ2v) is 13.8. The average Bonchev–Trinajstić information content (AvgIpc) is 3.67. The van der Waals surface area contributed by atoms with Gasteiger partial charge in [-0.25, -0.2) is 9.48 Å². The van der Waals surface area contributed by atoms with Crippen LogP contribution in [-0.2, 0) is 48.2 Å². The highest BCUT2D eigenvalue weighted by atomic mass is 16.4. The Balaban J connectivity index is 1.48. The summed E-state index contributed by atoms with van der Waals surface area (Å²) in [5, 5.41) is 32.0. The van der Waals surface area contributed by atoms with Crippen molar-refractivity contribution in [1.29, 1.82) is 0 Å². The monoisotopic (exact) mass is 802 g/mol. The lowest BCUT2D eigenvalue weighted by molar-refractivity contribution is -0.591. The van der Waals surface area contributed by atoms with Crippen molar-refractivity contribution < 1.29 is 44.0 Å². The molecular weight excluding hydrogens is 750 g/mol. The topological polar surface area (TPSA) is 286 Å². The first kappa shape index (κ1) is 44.2. The van der Waals surface area contributed by atoms with Crippen LogP contribution in [0, 0.1) is 0 Å². The Kier molecular flexibility index (Phi) is 17.5. The third-order valence-electron chi connectivity index (χ3n) is 9.34. The lowest BCUT2D eigenvalue weighted by Crippen LogP contribution is -2.97. The van der Waals surface area contributed by atoms with Gasteiger partial charge in [-0.1, -0.05) is 54.6 Å². The molecule has 0 radical (unpaired) electrons. The number of primary amides is 1. The van der Waals surface area contributed by atoms with E-state index in [1.54, 1.807) is 47.1 Å². The van der Waals surface area contributed by atoms with Crippen molar-refractivity contribution in [3.63, 3.8) is 0 Å². The third-order valence-corrected chi connectivity index (χ3v) is 9.34. The molecule has 1 aliphatic rings. The van der Waals surface area contributed by atoms with Gasteiger partial charge in [-0.15, -0.1) is 5.10 Å². The van der Waals surface area contributed by atoms with Gasteiger partial charge in [-0.3, -0.25) is 39.1 Å². The fourth-order valence-electron chi connectivity index (χ4n) is 6.18. The van der Waals surface area contributed by atoms with Gasteiger partial charge in [0.15, 0.2) is 6.04 Å². The summed E-state index contributed by atoms with van der Waals surface area (Å²) in [5.74, 6) is -5.39. The highest BCUT2D eigenvalue weighted by molar-refractivity contribution is 5.96. The van der Waals surface area contributed by atoms with Crippen molar-refractivity contribution in [2.75, 3.05) is 19.6 Å². The first-order chi connectivity index (χ1) is 27.9. The number of aryl methyl sites for hydroxylation is 1. The molecule has 4 unspecified atom stereocenters. The van der Waals surface area contributed by atoms with E-state index < -0.39 is 72.6 Å². The Morgan fingerprint density at radius 2 is 1.57 bits per heavy atom. The number of quaternary nitrogens is 1. The maximum atomic E-state index is 13.9. The van der Waals surface area contributed by atoms with Crippen molar-refractivity contribution in [3.8, 4) is 0 Å². The highest BCUT2D eigenvalue weighted by Crippen LogP contribution is 2.10. The molecule has 3 aromatic rings. The summed E-state index contributed by atoms with van der Waals surface area (Å²) in [6.45, 7) is 2.46. The Hall–Kier alpha value is -6.50. The minimum absolute atomic E-state index is 0.0158. The summed E-state index contributed by atoms with van der Waals surface area (Å²) >= 11 is 0. The van der Waals surface area contributed by atoms with Crippen LogP contribution in [0.5, 0.6) is 0 Å². The number of rotatable bonds is 17. The van der Waals surface area contributed by atoms with Crippen LogP contribution in [0.2, 0.25) is 0 Å². The van der Waals surface area contributed by atoms with Crippen molar-refractivity contribution in [3.05, 3.63) is 83.2 Å². The van der Waals surface area contributed by atoms with Crippen molar-refractivity contribution in [1.82, 2.24) is 41.6 Å². The van der Waals surface area contributed by atoms with Crippen LogP contribution in [0.1, 0.15) is 72.6 Å². The van der Waals surface area contributed by atoms with Gasteiger partial charge < -0.3 is 37.4 Å². The van der Waals surface area contributed by atoms with E-state index in [4.69, 9.17) is 5.73 Å². The van der Waals surface area contributed by atoms with Crippen LogP contribution in [-0.4, -0.2) is 112 Å². The molecule has 0 bridgehead atoms. The number of unbranched alkanes of at least 4 members (excludes halogenated alkanes) is 1. The average molecular weight is 803 g/mol. The van der Waals surface area contributed by atoms with Crippen LogP contribution >= 0.6 is 0 Å². The molecule has 2 heterocycles. The minimum atomic E-state index is -1.46. The van der Waals surface area contributed by atoms with Gasteiger partial charge in [0.25, 0.3) is 11.8 Å². The van der Waals surface area contributed by atoms with E-state index in [2.05, 4.69) is 41.9 Å². The van der Waals surface area contributed by atoms with Gasteiger partial charge in [0.2, 0.25) is 17.7 Å². The molecule has 6 amide bonds. The molecule has 1 fully saturated rings. The predicted molar refractivity (Wildman–Crippen MR) is 210 cm³/mol. The molecule has 10 N–H and O–H groups in total. The molecule has 0 saturated carbocycles. The smallest absolute Gasteiger partial charge is 0.330 e. The maximum absolute atomic E-state index is 13.9. The van der Waals surface area contributed by atoms with Crippen LogP contribution in [0.15, 0.2) is 65.8 Å². The van der Waals surface area contributed by atoms with Crippen molar-refractivity contribution in [2.45, 2.75) is 89.0 Å². The number of aliphatic imine (C=N–C) groups is 1. The zero-order chi connectivity index (χ0) is 41.9. The molecule has 310 valence electrons. The Morgan fingerprint density at radius 3 is 2.24 bits per heavy atom. The fraction of sp³-hybridized carbons (Fsp3) is 0.436. The third kappa shape index (κ3) is 14.5. The molecule has 0 spiro atoms. The minimum Gasteiger partial charge on any atom is -0.481 e. The fourth-order valence-corrected chi connectivity index (χ4v) is 6.18. The molecule has 19 nitrogen and oxygen atoms in total. The van der Waals surface area contributed by atoms with Crippen molar-refractivity contribution >= 4 is 47.8 Å². The van der Waals surface area contributed by atoms with Gasteiger partial charge >= 0.3 is 11.9 Å². The Morgan fingerprint density at radius 1 is 0.897 bits per heavy atom. The number of benzene rings is 2. The number of carboxylic acid groups (broad SMARTS) is 1. The van der Waals surface area contributed by atoms with Gasteiger partial charge in [0, 0.05) is 31.3 Å². The van der Waals surface area contributed by atoms with E-state index in [0.29, 0.717) is 36.9 Å². The lowest BCUT2D eigenvalue weighted by atomic mass is 10.0. The molecule has 19 heteroatoms. The summed E-state index contributed by atoms with van der Waals surface area (Å²) in [6.07, 6.45) is 4.34. The normalized spacial score (nSPS) is 19.6. The highest BCUT2D eigenvalue weighted by Gasteiger charge is 2.35. The first-order valence-electron chi connectivity index (χ1n) is 19.2. The number of nitrogens with zero attached hydrogens (tertiary/aromatic N) is 4. The zero-order valence-electron chi connectivity index (χ0n) is 32.4. The number of hydrogen-bond acceptors (Lipinski definition) is 10. The van der Waals surface area contributed by atoms with E-state index in [0.717, 1.165) is 29.3 Å². The van der Waals surface area contributed by atoms with E-state index in [9.17, 15) is 38.7 Å². The number of nitrogens with one attached hydrogen (secondary N) is 5. The van der Waals surface area contributed by atoms with Crippen LogP contribution in [0.4, 0.5) is 0 Å². The summed E-state index contributed by atoms with van der Waals surface area (Å²) in [7, 11) is 0. The largest absolute Gasteiger partial charge is 0.481 e. The number of amides is 6. The maximum Gasteiger partial charge on any atom is 0.330 e. The van der Waals surface area contributed by atoms with Crippen LogP contribution in [0.25, 0.3) is 0 Å². The molecule has 2 aromatic carbocycles. The quantitative estimate of drug-likeness (QED) is 0.0433. The van der Waals surface area contributed by atoms with Crippen LogP contribution < -0.4 is 37.6 Å². The van der Waals surface area contributed by atoms with E-state index >= 15 is 0 Å². The number of nitrogens with two attached hydrogens (primary N) is 2. The molecule has 1 saturated heterocycles. The summed E-state index contributed by atoms with van der Waals surface area (Å²) in [4.78, 5) is 96.0. The molecule has 4 atom stereocenters. The van der Waals surface area contributed by atoms with Gasteiger partial charge in [-0.05, 0) is 61.8 Å². The summed E-state index contributed by atoms with van der Waals surface area (Å²) in [6, 6.07) is 10.8. The molecule has 58 heavy (non-hydrogen) atoms. The van der Waals surface area contributed by atoms with Gasteiger partial charge in [0.1, 0.15) is 31.1 Å². The number of aromatic nitrogens is 3. The molecule has 1 aliphatic heterocycles. The second kappa shape index (κ2) is 22.9. The predicted octanol–water partition coefficient (Wildman–Crippen LogP) is -1.68. The van der Waals surface area contributed by atoms with Gasteiger partial charge in [-0.2, -0.15) is 0 Å². The standard InChI is InChI=1S/C39H51N11O8/c1-2-28-23-50(49-48-28)22-26-13-15-27(16-14-26)35(54)42-18-7-6-11-30-37(56)45-29(12-8-17-41-24-40)36(55)43-21-33(51)44-32(20-34(52)53)39(58)47-31(38(57)46-30)19-25-9-4-3-5-10-25/h3-5,9-10,13-16,23-24,29-32H,2,6-8,11-12,17-22H2,1H3,(H2,40,41)(H,42,54)(H,43,55)(H,44,51)(H,45,56)(H,46,57)(H,47,58)(H,52,53)/p+1. The number of aliphatic carboxylic acids is 1. The SMILES string of the molecule is CCc1cn(Cc2ccc(C(=O)NCCCCC3NC(=O)C(Cc4ccccc4)NC(=O)C(CC(=O)O)[NH2+]C(=O)CNC(=O)C(CCCN=CN)NC3=O)cc2)nn1. The molecule has 4 rings (SSSR count). The van der Waals surface area contributed by atoms with E-state index in [1.165, 1.54) is 0 Å². The molecule has 1 aromatic heterocycles. The van der Waals surface area contributed by atoms with E-state index in [-0.39, 0.29) is 38.3 Å². The Labute approximate surface area is 335 Å². The lowest BCUT2D eigenvalue weighted by Gasteiger charge is -2.25. The summed E-state index contributed by atoms with van der Waals surface area (Å²) < 4.78 is 1.73.